The highest BCUT2D eigenvalue weighted by Crippen LogP contribution is 2.32. The molecule has 3 N–H and O–H groups in total. The standard InChI is InChI=1S/C13H18N2O/c1-9-3-5-11(6-4-9)10(2)15-12(16)13(14)7-8-13/h3-6,10H,7-8,14H2,1-2H3,(H,15,16)/t10-/m0/s1. The second-order valence-electron chi connectivity index (χ2n) is 4.76. The van der Waals surface area contributed by atoms with Gasteiger partial charge < -0.3 is 11.1 Å². The van der Waals surface area contributed by atoms with E-state index in [2.05, 4.69) is 5.32 Å². The van der Waals surface area contributed by atoms with Gasteiger partial charge in [0.2, 0.25) is 5.91 Å². The summed E-state index contributed by atoms with van der Waals surface area (Å²) in [6.07, 6.45) is 1.61. The van der Waals surface area contributed by atoms with Crippen molar-refractivity contribution in [3.8, 4) is 0 Å². The van der Waals surface area contributed by atoms with E-state index in [-0.39, 0.29) is 11.9 Å². The first kappa shape index (κ1) is 11.1. The van der Waals surface area contributed by atoms with Crippen LogP contribution in [0.15, 0.2) is 24.3 Å². The molecule has 0 aliphatic heterocycles. The van der Waals surface area contributed by atoms with E-state index in [1.54, 1.807) is 0 Å². The van der Waals surface area contributed by atoms with Crippen LogP contribution in [0.5, 0.6) is 0 Å². The summed E-state index contributed by atoms with van der Waals surface area (Å²) in [4.78, 5) is 11.7. The number of benzene rings is 1. The third-order valence-corrected chi connectivity index (χ3v) is 3.17. The number of aryl methyl sites for hydroxylation is 1. The van der Waals surface area contributed by atoms with E-state index in [0.717, 1.165) is 18.4 Å². The predicted octanol–water partition coefficient (Wildman–Crippen LogP) is 1.66. The average molecular weight is 218 g/mol. The van der Waals surface area contributed by atoms with Crippen molar-refractivity contribution >= 4 is 5.91 Å². The summed E-state index contributed by atoms with van der Waals surface area (Å²) in [6.45, 7) is 4.03. The maximum atomic E-state index is 11.7. The van der Waals surface area contributed by atoms with E-state index in [1.165, 1.54) is 5.56 Å². The lowest BCUT2D eigenvalue weighted by Gasteiger charge is -2.17. The number of carbonyl (C=O) groups excluding carboxylic acids is 1. The van der Waals surface area contributed by atoms with Crippen LogP contribution in [0.3, 0.4) is 0 Å². The van der Waals surface area contributed by atoms with E-state index in [1.807, 2.05) is 38.1 Å². The topological polar surface area (TPSA) is 55.1 Å². The lowest BCUT2D eigenvalue weighted by Crippen LogP contribution is -2.43. The van der Waals surface area contributed by atoms with Crippen molar-refractivity contribution in [3.63, 3.8) is 0 Å². The molecule has 16 heavy (non-hydrogen) atoms. The highest BCUT2D eigenvalue weighted by atomic mass is 16.2. The van der Waals surface area contributed by atoms with Gasteiger partial charge in [0, 0.05) is 0 Å². The van der Waals surface area contributed by atoms with Crippen LogP contribution in [0.25, 0.3) is 0 Å². The Kier molecular flexibility index (Phi) is 2.72. The maximum absolute atomic E-state index is 11.7. The molecule has 0 radical (unpaired) electrons. The molecule has 1 fully saturated rings. The van der Waals surface area contributed by atoms with Crippen LogP contribution in [-0.2, 0) is 4.79 Å². The summed E-state index contributed by atoms with van der Waals surface area (Å²) >= 11 is 0. The Hall–Kier alpha value is -1.35. The predicted molar refractivity (Wildman–Crippen MR) is 63.9 cm³/mol. The molecule has 0 saturated heterocycles. The fourth-order valence-corrected chi connectivity index (χ4v) is 1.64. The normalized spacial score (nSPS) is 18.9. The number of hydrogen-bond donors (Lipinski definition) is 2. The van der Waals surface area contributed by atoms with Gasteiger partial charge >= 0.3 is 0 Å². The zero-order valence-corrected chi connectivity index (χ0v) is 9.79. The largest absolute Gasteiger partial charge is 0.348 e. The molecule has 0 spiro atoms. The first-order valence-electron chi connectivity index (χ1n) is 5.68. The first-order chi connectivity index (χ1) is 7.51. The number of nitrogens with one attached hydrogen (secondary N) is 1. The number of amides is 1. The highest BCUT2D eigenvalue weighted by Gasteiger charge is 2.46. The summed E-state index contributed by atoms with van der Waals surface area (Å²) in [7, 11) is 0. The second-order valence-corrected chi connectivity index (χ2v) is 4.76. The smallest absolute Gasteiger partial charge is 0.240 e. The second kappa shape index (κ2) is 3.91. The molecule has 1 atom stereocenters. The van der Waals surface area contributed by atoms with E-state index < -0.39 is 5.54 Å². The SMILES string of the molecule is Cc1ccc([C@H](C)NC(=O)C2(N)CC2)cc1. The van der Waals surface area contributed by atoms with Gasteiger partial charge in [0.25, 0.3) is 0 Å². The molecule has 0 unspecified atom stereocenters. The van der Waals surface area contributed by atoms with Crippen LogP contribution in [0.4, 0.5) is 0 Å². The molecular weight excluding hydrogens is 200 g/mol. The summed E-state index contributed by atoms with van der Waals surface area (Å²) in [5.41, 5.74) is 7.58. The first-order valence-corrected chi connectivity index (χ1v) is 5.68. The van der Waals surface area contributed by atoms with Crippen LogP contribution < -0.4 is 11.1 Å². The van der Waals surface area contributed by atoms with Gasteiger partial charge in [0.15, 0.2) is 0 Å². The third kappa shape index (κ3) is 2.25. The summed E-state index contributed by atoms with van der Waals surface area (Å²) in [5, 5.41) is 2.95. The van der Waals surface area contributed by atoms with Gasteiger partial charge in [-0.05, 0) is 32.3 Å². The quantitative estimate of drug-likeness (QED) is 0.810. The summed E-state index contributed by atoms with van der Waals surface area (Å²) in [5.74, 6) is -0.0272. The van der Waals surface area contributed by atoms with Gasteiger partial charge in [-0.3, -0.25) is 4.79 Å². The Balaban J connectivity index is 2.00. The van der Waals surface area contributed by atoms with Gasteiger partial charge in [0.1, 0.15) is 0 Å². The minimum Gasteiger partial charge on any atom is -0.348 e. The fraction of sp³-hybridized carbons (Fsp3) is 0.462. The molecule has 0 bridgehead atoms. The zero-order chi connectivity index (χ0) is 11.8. The molecular formula is C13H18N2O. The monoisotopic (exact) mass is 218 g/mol. The van der Waals surface area contributed by atoms with Crippen molar-refractivity contribution < 1.29 is 4.79 Å². The highest BCUT2D eigenvalue weighted by molar-refractivity contribution is 5.89. The third-order valence-electron chi connectivity index (χ3n) is 3.17. The van der Waals surface area contributed by atoms with Crippen LogP contribution in [-0.4, -0.2) is 11.4 Å². The van der Waals surface area contributed by atoms with Crippen molar-refractivity contribution in [2.75, 3.05) is 0 Å². The molecule has 3 heteroatoms. The number of rotatable bonds is 3. The summed E-state index contributed by atoms with van der Waals surface area (Å²) in [6, 6.07) is 8.20. The molecule has 2 rings (SSSR count). The molecule has 0 aromatic heterocycles. The molecule has 3 nitrogen and oxygen atoms in total. The Morgan fingerprint density at radius 2 is 1.94 bits per heavy atom. The molecule has 1 aromatic carbocycles. The zero-order valence-electron chi connectivity index (χ0n) is 9.79. The Labute approximate surface area is 96.0 Å². The Morgan fingerprint density at radius 3 is 2.44 bits per heavy atom. The minimum absolute atomic E-state index is 0.0223. The van der Waals surface area contributed by atoms with Crippen molar-refractivity contribution in [1.82, 2.24) is 5.32 Å². The van der Waals surface area contributed by atoms with Crippen molar-refractivity contribution in [1.29, 1.82) is 0 Å². The Morgan fingerprint density at radius 1 is 1.38 bits per heavy atom. The van der Waals surface area contributed by atoms with Gasteiger partial charge in [0.05, 0.1) is 11.6 Å². The van der Waals surface area contributed by atoms with Gasteiger partial charge in [-0.2, -0.15) is 0 Å². The van der Waals surface area contributed by atoms with E-state index in [9.17, 15) is 4.79 Å². The molecule has 86 valence electrons. The average Bonchev–Trinajstić information content (AvgIpc) is 2.99. The van der Waals surface area contributed by atoms with Crippen LogP contribution >= 0.6 is 0 Å². The van der Waals surface area contributed by atoms with Gasteiger partial charge in [-0.25, -0.2) is 0 Å². The molecule has 1 aliphatic rings. The van der Waals surface area contributed by atoms with Crippen LogP contribution in [0.1, 0.15) is 36.9 Å². The van der Waals surface area contributed by atoms with Gasteiger partial charge in [-0.15, -0.1) is 0 Å². The van der Waals surface area contributed by atoms with Crippen molar-refractivity contribution in [2.45, 2.75) is 38.3 Å². The maximum Gasteiger partial charge on any atom is 0.240 e. The Bertz CT molecular complexity index is 393. The number of carbonyl (C=O) groups is 1. The molecule has 1 aromatic rings. The van der Waals surface area contributed by atoms with E-state index in [0.29, 0.717) is 0 Å². The fourth-order valence-electron chi connectivity index (χ4n) is 1.64. The van der Waals surface area contributed by atoms with Crippen LogP contribution in [0, 0.1) is 6.92 Å². The van der Waals surface area contributed by atoms with Crippen molar-refractivity contribution in [2.24, 2.45) is 5.73 Å². The minimum atomic E-state index is -0.584. The lowest BCUT2D eigenvalue weighted by atomic mass is 10.1. The van der Waals surface area contributed by atoms with E-state index in [4.69, 9.17) is 5.73 Å². The molecule has 1 aliphatic carbocycles. The molecule has 0 heterocycles. The molecule has 1 amide bonds. The van der Waals surface area contributed by atoms with Crippen LogP contribution in [0.2, 0.25) is 0 Å². The molecule has 1 saturated carbocycles. The number of nitrogens with two attached hydrogens (primary N) is 1. The lowest BCUT2D eigenvalue weighted by molar-refractivity contribution is -0.123. The van der Waals surface area contributed by atoms with Gasteiger partial charge in [-0.1, -0.05) is 29.8 Å². The number of hydrogen-bond acceptors (Lipinski definition) is 2. The van der Waals surface area contributed by atoms with Crippen molar-refractivity contribution in [3.05, 3.63) is 35.4 Å². The summed E-state index contributed by atoms with van der Waals surface area (Å²) < 4.78 is 0. The van der Waals surface area contributed by atoms with E-state index >= 15 is 0 Å².